The van der Waals surface area contributed by atoms with Crippen molar-refractivity contribution in [1.82, 2.24) is 4.72 Å². The Hall–Kier alpha value is -1.57. The molecule has 3 rings (SSSR count). The fourth-order valence-corrected chi connectivity index (χ4v) is 5.89. The van der Waals surface area contributed by atoms with Gasteiger partial charge in [-0.05, 0) is 36.4 Å². The van der Waals surface area contributed by atoms with Gasteiger partial charge in [-0.2, -0.15) is 0 Å². The number of hydrogen-bond acceptors (Lipinski definition) is 5. The van der Waals surface area contributed by atoms with Crippen LogP contribution in [-0.2, 0) is 15.4 Å². The summed E-state index contributed by atoms with van der Waals surface area (Å²) < 4.78 is 39.1. The van der Waals surface area contributed by atoms with Crippen LogP contribution < -0.4 is 14.2 Å². The highest BCUT2D eigenvalue weighted by Crippen LogP contribution is 2.41. The van der Waals surface area contributed by atoms with Gasteiger partial charge in [0.1, 0.15) is 16.4 Å². The third-order valence-corrected chi connectivity index (χ3v) is 7.67. The SMILES string of the molecule is COc1ccc(S(=O)(=O)NCC2(c3cccs3)CCCCC2)c(OC)c1. The lowest BCUT2D eigenvalue weighted by Gasteiger charge is -2.36. The first-order chi connectivity index (χ1) is 12.5. The molecule has 1 aliphatic rings. The smallest absolute Gasteiger partial charge is 0.244 e. The highest BCUT2D eigenvalue weighted by molar-refractivity contribution is 7.89. The lowest BCUT2D eigenvalue weighted by molar-refractivity contribution is 0.298. The van der Waals surface area contributed by atoms with Crippen LogP contribution >= 0.6 is 11.3 Å². The first-order valence-electron chi connectivity index (χ1n) is 8.76. The fraction of sp³-hybridized carbons (Fsp3) is 0.474. The summed E-state index contributed by atoms with van der Waals surface area (Å²) in [6, 6.07) is 8.91. The van der Waals surface area contributed by atoms with Crippen molar-refractivity contribution < 1.29 is 17.9 Å². The number of sulfonamides is 1. The van der Waals surface area contributed by atoms with Crippen LogP contribution in [0.3, 0.4) is 0 Å². The summed E-state index contributed by atoms with van der Waals surface area (Å²) in [5, 5.41) is 2.06. The molecule has 0 atom stereocenters. The lowest BCUT2D eigenvalue weighted by atomic mass is 9.73. The van der Waals surface area contributed by atoms with Crippen LogP contribution in [0.2, 0.25) is 0 Å². The van der Waals surface area contributed by atoms with Crippen molar-refractivity contribution >= 4 is 21.4 Å². The van der Waals surface area contributed by atoms with Crippen molar-refractivity contribution in [3.05, 3.63) is 40.6 Å². The third-order valence-electron chi connectivity index (χ3n) is 5.12. The summed E-state index contributed by atoms with van der Waals surface area (Å²) >= 11 is 1.71. The Bertz CT molecular complexity index is 825. The number of thiophene rings is 1. The molecule has 142 valence electrons. The molecule has 2 aromatic rings. The average molecular weight is 396 g/mol. The molecule has 1 aromatic heterocycles. The molecular formula is C19H25NO4S2. The van der Waals surface area contributed by atoms with Crippen LogP contribution in [0.4, 0.5) is 0 Å². The Balaban J connectivity index is 1.85. The summed E-state index contributed by atoms with van der Waals surface area (Å²) in [5.41, 5.74) is -0.112. The van der Waals surface area contributed by atoms with Gasteiger partial charge in [0.2, 0.25) is 10.0 Å². The summed E-state index contributed by atoms with van der Waals surface area (Å²) in [7, 11) is -0.685. The van der Waals surface area contributed by atoms with E-state index in [9.17, 15) is 8.42 Å². The Kier molecular flexibility index (Phi) is 5.89. The normalized spacial score (nSPS) is 17.0. The number of rotatable bonds is 7. The van der Waals surface area contributed by atoms with Gasteiger partial charge in [-0.25, -0.2) is 13.1 Å². The zero-order chi connectivity index (χ0) is 18.6. The van der Waals surface area contributed by atoms with Crippen LogP contribution in [0, 0.1) is 0 Å². The maximum Gasteiger partial charge on any atom is 0.244 e. The van der Waals surface area contributed by atoms with E-state index in [0.29, 0.717) is 12.3 Å². The molecule has 0 saturated heterocycles. The molecule has 1 N–H and O–H groups in total. The topological polar surface area (TPSA) is 64.6 Å². The second-order valence-electron chi connectivity index (χ2n) is 6.66. The van der Waals surface area contributed by atoms with Gasteiger partial charge < -0.3 is 9.47 Å². The number of ether oxygens (including phenoxy) is 2. The van der Waals surface area contributed by atoms with E-state index < -0.39 is 10.0 Å². The molecule has 0 radical (unpaired) electrons. The van der Waals surface area contributed by atoms with Crippen LogP contribution in [0.15, 0.2) is 40.6 Å². The minimum absolute atomic E-state index is 0.112. The van der Waals surface area contributed by atoms with Gasteiger partial charge in [-0.1, -0.05) is 25.3 Å². The minimum atomic E-state index is -3.68. The van der Waals surface area contributed by atoms with E-state index in [1.165, 1.54) is 31.6 Å². The number of hydrogen-bond donors (Lipinski definition) is 1. The van der Waals surface area contributed by atoms with E-state index in [1.54, 1.807) is 23.5 Å². The monoisotopic (exact) mass is 395 g/mol. The van der Waals surface area contributed by atoms with Crippen LogP contribution in [0.25, 0.3) is 0 Å². The minimum Gasteiger partial charge on any atom is -0.497 e. The standard InChI is InChI=1S/C19H25NO4S2/c1-23-15-8-9-17(16(13-15)24-2)26(21,22)20-14-19(10-4-3-5-11-19)18-7-6-12-25-18/h6-9,12-13,20H,3-5,10-11,14H2,1-2H3. The summed E-state index contributed by atoms with van der Waals surface area (Å²) in [6.07, 6.45) is 5.49. The predicted octanol–water partition coefficient (Wildman–Crippen LogP) is 3.95. The van der Waals surface area contributed by atoms with Crippen LogP contribution in [0.5, 0.6) is 11.5 Å². The van der Waals surface area contributed by atoms with Gasteiger partial charge in [-0.3, -0.25) is 0 Å². The van der Waals surface area contributed by atoms with E-state index in [1.807, 2.05) is 6.07 Å². The lowest BCUT2D eigenvalue weighted by Crippen LogP contribution is -2.41. The quantitative estimate of drug-likeness (QED) is 0.771. The maximum absolute atomic E-state index is 12.9. The molecule has 1 aliphatic carbocycles. The summed E-state index contributed by atoms with van der Waals surface area (Å²) in [6.45, 7) is 0.408. The van der Waals surface area contributed by atoms with E-state index in [2.05, 4.69) is 16.2 Å². The molecule has 26 heavy (non-hydrogen) atoms. The Morgan fingerprint density at radius 1 is 1.12 bits per heavy atom. The molecular weight excluding hydrogens is 370 g/mol. The number of benzene rings is 1. The van der Waals surface area contributed by atoms with Gasteiger partial charge in [-0.15, -0.1) is 11.3 Å². The Labute approximate surface area is 159 Å². The van der Waals surface area contributed by atoms with Crippen molar-refractivity contribution in [3.8, 4) is 11.5 Å². The molecule has 0 spiro atoms. The van der Waals surface area contributed by atoms with E-state index in [0.717, 1.165) is 25.7 Å². The second-order valence-corrected chi connectivity index (χ2v) is 9.34. The van der Waals surface area contributed by atoms with Crippen LogP contribution in [-0.4, -0.2) is 29.2 Å². The van der Waals surface area contributed by atoms with E-state index in [-0.39, 0.29) is 16.1 Å². The maximum atomic E-state index is 12.9. The largest absolute Gasteiger partial charge is 0.497 e. The van der Waals surface area contributed by atoms with Crippen molar-refractivity contribution in [2.75, 3.05) is 20.8 Å². The van der Waals surface area contributed by atoms with Crippen molar-refractivity contribution in [2.45, 2.75) is 42.4 Å². The molecule has 1 fully saturated rings. The van der Waals surface area contributed by atoms with E-state index in [4.69, 9.17) is 9.47 Å². The molecule has 0 bridgehead atoms. The number of nitrogens with one attached hydrogen (secondary N) is 1. The van der Waals surface area contributed by atoms with Crippen LogP contribution in [0.1, 0.15) is 37.0 Å². The van der Waals surface area contributed by atoms with Gasteiger partial charge in [0.15, 0.2) is 0 Å². The fourth-order valence-electron chi connectivity index (χ4n) is 3.63. The second kappa shape index (κ2) is 7.98. The summed E-state index contributed by atoms with van der Waals surface area (Å²) in [5.74, 6) is 0.841. The molecule has 1 heterocycles. The van der Waals surface area contributed by atoms with Gasteiger partial charge in [0, 0.05) is 22.9 Å². The first-order valence-corrected chi connectivity index (χ1v) is 11.1. The van der Waals surface area contributed by atoms with Crippen molar-refractivity contribution in [1.29, 1.82) is 0 Å². The predicted molar refractivity (Wildman–Crippen MR) is 104 cm³/mol. The third kappa shape index (κ3) is 3.89. The summed E-state index contributed by atoms with van der Waals surface area (Å²) in [4.78, 5) is 1.40. The van der Waals surface area contributed by atoms with Gasteiger partial charge in [0.05, 0.1) is 14.2 Å². The number of methoxy groups -OCH3 is 2. The molecule has 0 amide bonds. The van der Waals surface area contributed by atoms with Gasteiger partial charge in [0.25, 0.3) is 0 Å². The molecule has 0 aliphatic heterocycles. The molecule has 0 unspecified atom stereocenters. The first kappa shape index (κ1) is 19.2. The highest BCUT2D eigenvalue weighted by Gasteiger charge is 2.36. The zero-order valence-corrected chi connectivity index (χ0v) is 16.8. The van der Waals surface area contributed by atoms with Crippen molar-refractivity contribution in [3.63, 3.8) is 0 Å². The molecule has 1 saturated carbocycles. The Morgan fingerprint density at radius 3 is 2.50 bits per heavy atom. The van der Waals surface area contributed by atoms with Crippen molar-refractivity contribution in [2.24, 2.45) is 0 Å². The molecule has 1 aromatic carbocycles. The molecule has 5 nitrogen and oxygen atoms in total. The van der Waals surface area contributed by atoms with E-state index >= 15 is 0 Å². The zero-order valence-electron chi connectivity index (χ0n) is 15.2. The Morgan fingerprint density at radius 2 is 1.88 bits per heavy atom. The highest BCUT2D eigenvalue weighted by atomic mass is 32.2. The van der Waals surface area contributed by atoms with Gasteiger partial charge >= 0.3 is 0 Å². The molecule has 7 heteroatoms. The average Bonchev–Trinajstić information content (AvgIpc) is 3.22.